The van der Waals surface area contributed by atoms with E-state index >= 15 is 0 Å². The number of rotatable bonds is 5. The normalized spacial score (nSPS) is 15.6. The molecule has 8 heteroatoms. The van der Waals surface area contributed by atoms with Crippen molar-refractivity contribution in [3.05, 3.63) is 95.9 Å². The van der Waals surface area contributed by atoms with Crippen LogP contribution in [0.15, 0.2) is 63.5 Å². The second kappa shape index (κ2) is 9.52. The van der Waals surface area contributed by atoms with E-state index in [0.717, 1.165) is 33.3 Å². The lowest BCUT2D eigenvalue weighted by Gasteiger charge is -2.27. The van der Waals surface area contributed by atoms with E-state index in [4.69, 9.17) is 14.5 Å². The van der Waals surface area contributed by atoms with Gasteiger partial charge in [-0.3, -0.25) is 9.36 Å². The quantitative estimate of drug-likeness (QED) is 0.378. The topological polar surface area (TPSA) is 74.8 Å². The molecule has 0 amide bonds. The second-order valence-electron chi connectivity index (χ2n) is 9.09. The monoisotopic (exact) mass is 515 g/mol. The van der Waals surface area contributed by atoms with Gasteiger partial charge in [0.25, 0.3) is 5.56 Å². The first-order valence-corrected chi connectivity index (χ1v) is 13.0. The minimum absolute atomic E-state index is 0.209. The first kappa shape index (κ1) is 24.8. The number of carbonyl (C=O) groups is 1. The number of ether oxygens (including phenoxy) is 2. The minimum atomic E-state index is -0.753. The summed E-state index contributed by atoms with van der Waals surface area (Å²) in [4.78, 5) is 32.6. The molecule has 0 saturated heterocycles. The molecule has 0 N–H and O–H groups in total. The third-order valence-electron chi connectivity index (χ3n) is 7.04. The van der Waals surface area contributed by atoms with Crippen LogP contribution in [0.25, 0.3) is 16.8 Å². The van der Waals surface area contributed by atoms with Crippen molar-refractivity contribution < 1.29 is 14.3 Å². The Kier molecular flexibility index (Phi) is 6.37. The average molecular weight is 516 g/mol. The Hall–Kier alpha value is -3.91. The van der Waals surface area contributed by atoms with Crippen molar-refractivity contribution in [2.24, 2.45) is 12.0 Å². The van der Waals surface area contributed by atoms with Gasteiger partial charge in [0.2, 0.25) is 0 Å². The van der Waals surface area contributed by atoms with Gasteiger partial charge in [-0.25, -0.2) is 9.79 Å². The zero-order valence-electron chi connectivity index (χ0n) is 21.8. The largest absolute Gasteiger partial charge is 0.496 e. The molecule has 2 aromatic heterocycles. The molecule has 190 valence electrons. The molecular formula is C29H29N3O4S. The molecule has 1 aliphatic rings. The SMILES string of the molecule is CCOC(=O)C1=C(C)N=c2s/c(=C/c3cc(C)n(C)c3C)c(=O)n2[C@@H]1c1c(OC)ccc2ccccc12. The number of esters is 1. The highest BCUT2D eigenvalue weighted by atomic mass is 32.1. The summed E-state index contributed by atoms with van der Waals surface area (Å²) in [5.74, 6) is 0.0943. The third kappa shape index (κ3) is 4.01. The Balaban J connectivity index is 1.86. The summed E-state index contributed by atoms with van der Waals surface area (Å²) in [6.45, 7) is 7.84. The van der Waals surface area contributed by atoms with Gasteiger partial charge in [0.05, 0.1) is 29.5 Å². The lowest BCUT2D eigenvalue weighted by atomic mass is 9.90. The molecule has 0 saturated carbocycles. The number of thiazole rings is 1. The lowest BCUT2D eigenvalue weighted by molar-refractivity contribution is -0.139. The van der Waals surface area contributed by atoms with Gasteiger partial charge in [0.15, 0.2) is 4.80 Å². The number of allylic oxidation sites excluding steroid dienone is 1. The molecule has 0 bridgehead atoms. The van der Waals surface area contributed by atoms with E-state index in [1.807, 2.05) is 63.4 Å². The summed E-state index contributed by atoms with van der Waals surface area (Å²) in [5.41, 5.74) is 4.54. The maximum Gasteiger partial charge on any atom is 0.338 e. The summed E-state index contributed by atoms with van der Waals surface area (Å²) in [6, 6.07) is 13.0. The summed E-state index contributed by atoms with van der Waals surface area (Å²) in [7, 11) is 3.60. The van der Waals surface area contributed by atoms with E-state index in [1.54, 1.807) is 25.5 Å². The van der Waals surface area contributed by atoms with Crippen molar-refractivity contribution in [3.63, 3.8) is 0 Å². The maximum absolute atomic E-state index is 14.0. The Morgan fingerprint density at radius 3 is 2.59 bits per heavy atom. The molecule has 0 spiro atoms. The molecule has 0 aliphatic carbocycles. The Morgan fingerprint density at radius 2 is 1.92 bits per heavy atom. The van der Waals surface area contributed by atoms with Crippen LogP contribution in [-0.2, 0) is 16.6 Å². The number of nitrogens with zero attached hydrogens (tertiary/aromatic N) is 3. The van der Waals surface area contributed by atoms with Gasteiger partial charge in [0, 0.05) is 24.0 Å². The molecule has 0 fully saturated rings. The Morgan fingerprint density at radius 1 is 1.16 bits per heavy atom. The average Bonchev–Trinajstić information content (AvgIpc) is 3.32. The number of aromatic nitrogens is 2. The fraction of sp³-hybridized carbons (Fsp3) is 0.276. The van der Waals surface area contributed by atoms with E-state index in [0.29, 0.717) is 26.4 Å². The van der Waals surface area contributed by atoms with Crippen molar-refractivity contribution >= 4 is 34.2 Å². The van der Waals surface area contributed by atoms with Crippen LogP contribution >= 0.6 is 11.3 Å². The van der Waals surface area contributed by atoms with Crippen molar-refractivity contribution in [1.82, 2.24) is 9.13 Å². The number of hydrogen-bond donors (Lipinski definition) is 0. The first-order valence-electron chi connectivity index (χ1n) is 12.1. The van der Waals surface area contributed by atoms with Crippen LogP contribution in [0, 0.1) is 13.8 Å². The Bertz CT molecular complexity index is 1770. The minimum Gasteiger partial charge on any atom is -0.496 e. The number of methoxy groups -OCH3 is 1. The molecule has 0 radical (unpaired) electrons. The van der Waals surface area contributed by atoms with Crippen LogP contribution in [0.1, 0.15) is 42.4 Å². The fourth-order valence-corrected chi connectivity index (χ4v) is 6.01. The number of hydrogen-bond acceptors (Lipinski definition) is 6. The standard InChI is InChI=1S/C29H29N3O4S/c1-7-36-28(34)24-17(3)30-29-32(27(33)23(37-29)15-20-14-16(2)31(5)18(20)4)26(24)25-21-11-9-8-10-19(21)12-13-22(25)35-6/h8-15,26H,7H2,1-6H3/b23-15+/t26-/m0/s1. The van der Waals surface area contributed by atoms with E-state index in [9.17, 15) is 9.59 Å². The highest BCUT2D eigenvalue weighted by Crippen LogP contribution is 2.40. The molecular weight excluding hydrogens is 486 g/mol. The molecule has 7 nitrogen and oxygen atoms in total. The number of benzene rings is 2. The Labute approximate surface area is 218 Å². The molecule has 0 unspecified atom stereocenters. The summed E-state index contributed by atoms with van der Waals surface area (Å²) >= 11 is 1.32. The van der Waals surface area contributed by atoms with Crippen LogP contribution in [0.3, 0.4) is 0 Å². The van der Waals surface area contributed by atoms with Gasteiger partial charge in [-0.2, -0.15) is 0 Å². The zero-order valence-corrected chi connectivity index (χ0v) is 22.6. The molecule has 4 aromatic rings. The van der Waals surface area contributed by atoms with E-state index in [2.05, 4.69) is 10.6 Å². The van der Waals surface area contributed by atoms with Crippen LogP contribution in [0.5, 0.6) is 5.75 Å². The number of carbonyl (C=O) groups excluding carboxylic acids is 1. The summed E-state index contributed by atoms with van der Waals surface area (Å²) in [6.07, 6.45) is 1.91. The van der Waals surface area contributed by atoms with Gasteiger partial charge < -0.3 is 14.0 Å². The predicted octanol–water partition coefficient (Wildman–Crippen LogP) is 3.92. The van der Waals surface area contributed by atoms with Crippen molar-refractivity contribution in [3.8, 4) is 5.75 Å². The van der Waals surface area contributed by atoms with Gasteiger partial charge in [-0.05, 0) is 62.2 Å². The van der Waals surface area contributed by atoms with Gasteiger partial charge in [-0.15, -0.1) is 0 Å². The van der Waals surface area contributed by atoms with Crippen molar-refractivity contribution in [1.29, 1.82) is 0 Å². The van der Waals surface area contributed by atoms with Gasteiger partial charge in [-0.1, -0.05) is 41.7 Å². The molecule has 3 heterocycles. The van der Waals surface area contributed by atoms with Crippen LogP contribution < -0.4 is 19.6 Å². The highest BCUT2D eigenvalue weighted by Gasteiger charge is 2.36. The van der Waals surface area contributed by atoms with Crippen LogP contribution in [0.4, 0.5) is 0 Å². The smallest absolute Gasteiger partial charge is 0.338 e. The van der Waals surface area contributed by atoms with Crippen molar-refractivity contribution in [2.45, 2.75) is 33.7 Å². The van der Waals surface area contributed by atoms with Crippen LogP contribution in [0.2, 0.25) is 0 Å². The van der Waals surface area contributed by atoms with Gasteiger partial charge in [0.1, 0.15) is 11.8 Å². The predicted molar refractivity (Wildman–Crippen MR) is 146 cm³/mol. The van der Waals surface area contributed by atoms with Crippen molar-refractivity contribution in [2.75, 3.05) is 13.7 Å². The summed E-state index contributed by atoms with van der Waals surface area (Å²) < 4.78 is 15.5. The summed E-state index contributed by atoms with van der Waals surface area (Å²) in [5, 5.41) is 1.88. The van der Waals surface area contributed by atoms with E-state index < -0.39 is 12.0 Å². The number of aryl methyl sites for hydroxylation is 1. The molecule has 37 heavy (non-hydrogen) atoms. The lowest BCUT2D eigenvalue weighted by Crippen LogP contribution is -2.40. The number of fused-ring (bicyclic) bond motifs is 2. The zero-order chi connectivity index (χ0) is 26.4. The third-order valence-corrected chi connectivity index (χ3v) is 8.02. The first-order chi connectivity index (χ1) is 17.8. The van der Waals surface area contributed by atoms with E-state index in [-0.39, 0.29) is 12.2 Å². The highest BCUT2D eigenvalue weighted by molar-refractivity contribution is 7.07. The molecule has 2 aromatic carbocycles. The van der Waals surface area contributed by atoms with Crippen LogP contribution in [-0.4, -0.2) is 28.8 Å². The maximum atomic E-state index is 14.0. The van der Waals surface area contributed by atoms with E-state index in [1.165, 1.54) is 11.3 Å². The molecule has 1 aliphatic heterocycles. The molecule has 1 atom stereocenters. The fourth-order valence-electron chi connectivity index (χ4n) is 4.97. The second-order valence-corrected chi connectivity index (χ2v) is 10.1. The van der Waals surface area contributed by atoms with Gasteiger partial charge >= 0.3 is 5.97 Å². The molecule has 5 rings (SSSR count).